The molecule has 0 amide bonds. The van der Waals surface area contributed by atoms with E-state index in [1.807, 2.05) is 0 Å². The normalized spacial score (nSPS) is 29.9. The molecule has 0 aliphatic carbocycles. The fraction of sp³-hybridized carbons (Fsp3) is 0.909. The molecule has 2 aliphatic heterocycles. The van der Waals surface area contributed by atoms with Crippen molar-refractivity contribution < 1.29 is 14.3 Å². The number of hydrogen-bond acceptors (Lipinski definition) is 4. The number of carbonyl (C=O) groups excluding carboxylic acids is 1. The van der Waals surface area contributed by atoms with Crippen LogP contribution in [-0.2, 0) is 14.3 Å². The monoisotopic (exact) mass is 213 g/mol. The van der Waals surface area contributed by atoms with Gasteiger partial charge in [-0.1, -0.05) is 6.92 Å². The van der Waals surface area contributed by atoms with E-state index in [9.17, 15) is 4.79 Å². The number of esters is 1. The average molecular weight is 213 g/mol. The molecule has 1 spiro atoms. The fourth-order valence-corrected chi connectivity index (χ4v) is 2.64. The van der Waals surface area contributed by atoms with Crippen molar-refractivity contribution in [2.24, 2.45) is 5.92 Å². The van der Waals surface area contributed by atoms with Crippen molar-refractivity contribution >= 4 is 5.97 Å². The smallest absolute Gasteiger partial charge is 0.309 e. The lowest BCUT2D eigenvalue weighted by Gasteiger charge is -2.53. The Hall–Kier alpha value is -0.610. The van der Waals surface area contributed by atoms with Crippen LogP contribution in [0, 0.1) is 5.92 Å². The minimum absolute atomic E-state index is 0.0566. The quantitative estimate of drug-likeness (QED) is 0.632. The van der Waals surface area contributed by atoms with Crippen molar-refractivity contribution in [2.45, 2.75) is 25.3 Å². The highest BCUT2D eigenvalue weighted by Gasteiger charge is 2.48. The third-order valence-corrected chi connectivity index (χ3v) is 3.73. The van der Waals surface area contributed by atoms with E-state index in [-0.39, 0.29) is 17.4 Å². The second-order valence-corrected chi connectivity index (χ2v) is 4.51. The number of piperidine rings is 1. The Morgan fingerprint density at radius 3 is 2.80 bits per heavy atom. The molecule has 0 aromatic heterocycles. The van der Waals surface area contributed by atoms with Gasteiger partial charge >= 0.3 is 5.97 Å². The molecule has 2 heterocycles. The summed E-state index contributed by atoms with van der Waals surface area (Å²) in [6.07, 6.45) is 1.99. The second kappa shape index (κ2) is 4.10. The van der Waals surface area contributed by atoms with Crippen LogP contribution in [0.25, 0.3) is 0 Å². The van der Waals surface area contributed by atoms with E-state index < -0.39 is 0 Å². The minimum atomic E-state index is -0.0662. The standard InChI is InChI=1S/C11H19NO3/c1-3-12-6-9(10(13)14-2)4-5-11(12)7-15-8-11/h9H,3-8H2,1-2H3. The van der Waals surface area contributed by atoms with E-state index in [0.29, 0.717) is 0 Å². The first kappa shape index (κ1) is 10.9. The number of rotatable bonds is 2. The van der Waals surface area contributed by atoms with Gasteiger partial charge in [0.05, 0.1) is 31.8 Å². The van der Waals surface area contributed by atoms with Crippen molar-refractivity contribution in [3.63, 3.8) is 0 Å². The maximum atomic E-state index is 11.5. The van der Waals surface area contributed by atoms with Crippen molar-refractivity contribution in [1.82, 2.24) is 4.90 Å². The van der Waals surface area contributed by atoms with Crippen LogP contribution in [0.1, 0.15) is 19.8 Å². The Bertz CT molecular complexity index is 250. The summed E-state index contributed by atoms with van der Waals surface area (Å²) in [6.45, 7) is 5.60. The molecule has 2 saturated heterocycles. The van der Waals surface area contributed by atoms with Crippen molar-refractivity contribution in [2.75, 3.05) is 33.4 Å². The van der Waals surface area contributed by atoms with Crippen LogP contribution in [0.15, 0.2) is 0 Å². The Kier molecular flexibility index (Phi) is 2.98. The zero-order valence-corrected chi connectivity index (χ0v) is 9.49. The van der Waals surface area contributed by atoms with Crippen LogP contribution < -0.4 is 0 Å². The average Bonchev–Trinajstić information content (AvgIpc) is 2.24. The van der Waals surface area contributed by atoms with Gasteiger partial charge in [-0.15, -0.1) is 0 Å². The molecule has 1 unspecified atom stereocenters. The Morgan fingerprint density at radius 1 is 1.60 bits per heavy atom. The van der Waals surface area contributed by atoms with Gasteiger partial charge in [0.2, 0.25) is 0 Å². The molecule has 0 saturated carbocycles. The predicted molar refractivity (Wildman–Crippen MR) is 55.5 cm³/mol. The third-order valence-electron chi connectivity index (χ3n) is 3.73. The molecule has 0 bridgehead atoms. The van der Waals surface area contributed by atoms with Gasteiger partial charge in [-0.2, -0.15) is 0 Å². The summed E-state index contributed by atoms with van der Waals surface area (Å²) < 4.78 is 10.1. The lowest BCUT2D eigenvalue weighted by atomic mass is 9.80. The number of methoxy groups -OCH3 is 1. The molecule has 0 radical (unpaired) electrons. The van der Waals surface area contributed by atoms with Gasteiger partial charge in [-0.25, -0.2) is 0 Å². The molecule has 1 atom stereocenters. The van der Waals surface area contributed by atoms with Crippen LogP contribution in [-0.4, -0.2) is 49.8 Å². The maximum Gasteiger partial charge on any atom is 0.309 e. The van der Waals surface area contributed by atoms with Crippen molar-refractivity contribution in [3.8, 4) is 0 Å². The van der Waals surface area contributed by atoms with Crippen molar-refractivity contribution in [3.05, 3.63) is 0 Å². The van der Waals surface area contributed by atoms with Gasteiger partial charge in [0, 0.05) is 6.54 Å². The molecule has 4 heteroatoms. The van der Waals surface area contributed by atoms with Gasteiger partial charge in [-0.05, 0) is 19.4 Å². The highest BCUT2D eigenvalue weighted by molar-refractivity contribution is 5.72. The van der Waals surface area contributed by atoms with Crippen LogP contribution in [0.5, 0.6) is 0 Å². The molecule has 2 fully saturated rings. The van der Waals surface area contributed by atoms with Gasteiger partial charge < -0.3 is 9.47 Å². The molecule has 86 valence electrons. The van der Waals surface area contributed by atoms with E-state index in [4.69, 9.17) is 9.47 Å². The number of ether oxygens (including phenoxy) is 2. The zero-order valence-electron chi connectivity index (χ0n) is 9.49. The second-order valence-electron chi connectivity index (χ2n) is 4.51. The van der Waals surface area contributed by atoms with Crippen LogP contribution in [0.3, 0.4) is 0 Å². The van der Waals surface area contributed by atoms with E-state index in [0.717, 1.165) is 39.1 Å². The molecule has 4 nitrogen and oxygen atoms in total. The first-order valence-electron chi connectivity index (χ1n) is 5.62. The number of carbonyl (C=O) groups is 1. The van der Waals surface area contributed by atoms with Crippen LogP contribution in [0.4, 0.5) is 0 Å². The summed E-state index contributed by atoms with van der Waals surface area (Å²) in [5, 5.41) is 0. The largest absolute Gasteiger partial charge is 0.469 e. The van der Waals surface area contributed by atoms with E-state index in [2.05, 4.69) is 11.8 Å². The summed E-state index contributed by atoms with van der Waals surface area (Å²) >= 11 is 0. The predicted octanol–water partition coefficient (Wildman–Crippen LogP) is 0.660. The molecule has 0 aromatic carbocycles. The van der Waals surface area contributed by atoms with Gasteiger partial charge in [0.15, 0.2) is 0 Å². The molecule has 2 aliphatic rings. The highest BCUT2D eigenvalue weighted by Crippen LogP contribution is 2.36. The van der Waals surface area contributed by atoms with E-state index in [1.54, 1.807) is 0 Å². The Morgan fingerprint density at radius 2 is 2.33 bits per heavy atom. The summed E-state index contributed by atoms with van der Waals surface area (Å²) in [7, 11) is 1.47. The lowest BCUT2D eigenvalue weighted by Crippen LogP contribution is -2.65. The lowest BCUT2D eigenvalue weighted by molar-refractivity contribution is -0.174. The van der Waals surface area contributed by atoms with E-state index in [1.165, 1.54) is 7.11 Å². The van der Waals surface area contributed by atoms with Gasteiger partial charge in [0.25, 0.3) is 0 Å². The zero-order chi connectivity index (χ0) is 10.9. The summed E-state index contributed by atoms with van der Waals surface area (Å²) in [5.41, 5.74) is 0.235. The number of likely N-dealkylation sites (tertiary alicyclic amines) is 1. The van der Waals surface area contributed by atoms with Gasteiger partial charge in [0.1, 0.15) is 0 Å². The fourth-order valence-electron chi connectivity index (χ4n) is 2.64. The summed E-state index contributed by atoms with van der Waals surface area (Å²) in [6, 6.07) is 0. The SMILES string of the molecule is CCN1CC(C(=O)OC)CCC12COC2. The Labute approximate surface area is 90.5 Å². The first-order chi connectivity index (χ1) is 7.22. The van der Waals surface area contributed by atoms with Crippen molar-refractivity contribution in [1.29, 1.82) is 0 Å². The molecular formula is C11H19NO3. The molecule has 2 rings (SSSR count). The molecule has 0 N–H and O–H groups in total. The van der Waals surface area contributed by atoms with Gasteiger partial charge in [-0.3, -0.25) is 9.69 Å². The van der Waals surface area contributed by atoms with Crippen LogP contribution in [0.2, 0.25) is 0 Å². The maximum absolute atomic E-state index is 11.5. The highest BCUT2D eigenvalue weighted by atomic mass is 16.5. The number of nitrogens with zero attached hydrogens (tertiary/aromatic N) is 1. The summed E-state index contributed by atoms with van der Waals surface area (Å²) in [5.74, 6) is -0.00952. The Balaban J connectivity index is 2.00. The molecular weight excluding hydrogens is 194 g/mol. The van der Waals surface area contributed by atoms with E-state index >= 15 is 0 Å². The topological polar surface area (TPSA) is 38.8 Å². The van der Waals surface area contributed by atoms with Crippen LogP contribution >= 0.6 is 0 Å². The first-order valence-corrected chi connectivity index (χ1v) is 5.62. The number of likely N-dealkylation sites (N-methyl/N-ethyl adjacent to an activating group) is 1. The molecule has 15 heavy (non-hydrogen) atoms. The third kappa shape index (κ3) is 1.76. The minimum Gasteiger partial charge on any atom is -0.469 e. The summed E-state index contributed by atoms with van der Waals surface area (Å²) in [4.78, 5) is 13.8. The number of hydrogen-bond donors (Lipinski definition) is 0. The molecule has 0 aromatic rings.